The molecule has 1 unspecified atom stereocenters. The van der Waals surface area contributed by atoms with Crippen molar-refractivity contribution in [1.82, 2.24) is 14.8 Å². The average molecular weight is 484 g/mol. The van der Waals surface area contributed by atoms with E-state index in [4.69, 9.17) is 9.47 Å². The molecule has 2 heterocycles. The normalized spacial score (nSPS) is 12.9. The lowest BCUT2D eigenvalue weighted by Crippen LogP contribution is -2.41. The Morgan fingerprint density at radius 3 is 2.53 bits per heavy atom. The lowest BCUT2D eigenvalue weighted by molar-refractivity contribution is 0.0722. The molecule has 1 aliphatic rings. The number of benzene rings is 3. The summed E-state index contributed by atoms with van der Waals surface area (Å²) in [6.45, 7) is 0.604. The summed E-state index contributed by atoms with van der Waals surface area (Å²) >= 11 is 0. The van der Waals surface area contributed by atoms with E-state index >= 15 is 0 Å². The van der Waals surface area contributed by atoms with E-state index in [0.717, 1.165) is 16.5 Å². The predicted molar refractivity (Wildman–Crippen MR) is 138 cm³/mol. The number of likely N-dealkylation sites (N-methyl/N-ethyl adjacent to an activating group) is 1. The molecule has 4 aromatic rings. The van der Waals surface area contributed by atoms with Gasteiger partial charge in [0.05, 0.1) is 0 Å². The van der Waals surface area contributed by atoms with Crippen LogP contribution in [0.25, 0.3) is 10.9 Å². The third-order valence-corrected chi connectivity index (χ3v) is 6.75. The molecule has 1 N–H and O–H groups in total. The van der Waals surface area contributed by atoms with Crippen LogP contribution >= 0.6 is 0 Å². The number of aryl methyl sites for hydroxylation is 1. The number of hydrogen-bond donors (Lipinski definition) is 1. The summed E-state index contributed by atoms with van der Waals surface area (Å²) in [5.41, 5.74) is 3.30. The summed E-state index contributed by atoms with van der Waals surface area (Å²) in [5.74, 6) is 0.994. The molecule has 5 rings (SSSR count). The Bertz CT molecular complexity index is 1400. The second-order valence-corrected chi connectivity index (χ2v) is 9.02. The molecule has 0 spiro atoms. The largest absolute Gasteiger partial charge is 0.454 e. The SMILES string of the molecule is CN(C(=O)c1ccc2c(c1)OCO2)C(CCNC(=O)c1cc2ccccc2n1C)Cc1ccccc1. The first-order valence-electron chi connectivity index (χ1n) is 12.0. The van der Waals surface area contributed by atoms with Gasteiger partial charge in [-0.05, 0) is 48.7 Å². The van der Waals surface area contributed by atoms with E-state index in [0.29, 0.717) is 42.1 Å². The maximum atomic E-state index is 13.4. The minimum Gasteiger partial charge on any atom is -0.454 e. The number of ether oxygens (including phenoxy) is 2. The third kappa shape index (κ3) is 4.77. The minimum absolute atomic E-state index is 0.103. The van der Waals surface area contributed by atoms with Crippen molar-refractivity contribution in [3.8, 4) is 11.5 Å². The minimum atomic E-state index is -0.128. The highest BCUT2D eigenvalue weighted by atomic mass is 16.7. The Hall–Kier alpha value is -4.26. The Labute approximate surface area is 210 Å². The van der Waals surface area contributed by atoms with Gasteiger partial charge < -0.3 is 24.3 Å². The van der Waals surface area contributed by atoms with Crippen LogP contribution in [-0.4, -0.2) is 47.7 Å². The maximum Gasteiger partial charge on any atom is 0.267 e. The van der Waals surface area contributed by atoms with Gasteiger partial charge in [-0.3, -0.25) is 9.59 Å². The number of nitrogens with one attached hydrogen (secondary N) is 1. The van der Waals surface area contributed by atoms with Gasteiger partial charge in [0.15, 0.2) is 11.5 Å². The number of rotatable bonds is 8. The van der Waals surface area contributed by atoms with Crippen LogP contribution in [0.5, 0.6) is 11.5 Å². The van der Waals surface area contributed by atoms with E-state index in [-0.39, 0.29) is 24.6 Å². The number of aromatic nitrogens is 1. The molecule has 0 fully saturated rings. The van der Waals surface area contributed by atoms with Crippen LogP contribution in [0.3, 0.4) is 0 Å². The number of para-hydroxylation sites is 1. The van der Waals surface area contributed by atoms with Crippen LogP contribution in [0.2, 0.25) is 0 Å². The molecule has 7 nitrogen and oxygen atoms in total. The molecule has 0 aliphatic carbocycles. The van der Waals surface area contributed by atoms with Crippen molar-refractivity contribution in [2.24, 2.45) is 7.05 Å². The molecule has 0 bridgehead atoms. The lowest BCUT2D eigenvalue weighted by Gasteiger charge is -2.29. The molecule has 1 atom stereocenters. The zero-order valence-electron chi connectivity index (χ0n) is 20.4. The Morgan fingerprint density at radius 1 is 0.972 bits per heavy atom. The van der Waals surface area contributed by atoms with E-state index in [1.165, 1.54) is 0 Å². The van der Waals surface area contributed by atoms with Crippen molar-refractivity contribution >= 4 is 22.7 Å². The average Bonchev–Trinajstić information content (AvgIpc) is 3.52. The van der Waals surface area contributed by atoms with Crippen molar-refractivity contribution in [3.05, 3.63) is 95.7 Å². The van der Waals surface area contributed by atoms with Gasteiger partial charge >= 0.3 is 0 Å². The molecular formula is C29H29N3O4. The summed E-state index contributed by atoms with van der Waals surface area (Å²) < 4.78 is 12.7. The first-order valence-corrected chi connectivity index (χ1v) is 12.0. The van der Waals surface area contributed by atoms with Gasteiger partial charge in [0, 0.05) is 43.1 Å². The summed E-state index contributed by atoms with van der Waals surface area (Å²) in [6, 6.07) is 25.0. The van der Waals surface area contributed by atoms with Gasteiger partial charge in [-0.25, -0.2) is 0 Å². The van der Waals surface area contributed by atoms with E-state index in [1.807, 2.05) is 67.2 Å². The summed E-state index contributed by atoms with van der Waals surface area (Å²) in [5, 5.41) is 4.08. The molecule has 0 saturated carbocycles. The van der Waals surface area contributed by atoms with Crippen molar-refractivity contribution in [2.45, 2.75) is 18.9 Å². The van der Waals surface area contributed by atoms with E-state index in [1.54, 1.807) is 23.1 Å². The van der Waals surface area contributed by atoms with Gasteiger partial charge in [-0.2, -0.15) is 0 Å². The number of hydrogen-bond acceptors (Lipinski definition) is 4. The van der Waals surface area contributed by atoms with E-state index < -0.39 is 0 Å². The highest BCUT2D eigenvalue weighted by Crippen LogP contribution is 2.33. The van der Waals surface area contributed by atoms with Crippen LogP contribution < -0.4 is 14.8 Å². The zero-order chi connectivity index (χ0) is 25.1. The summed E-state index contributed by atoms with van der Waals surface area (Å²) in [7, 11) is 3.71. The standard InChI is InChI=1S/C29H29N3O4/c1-31(29(34)22-12-13-26-27(18-22)36-19-35-26)23(16-20-8-4-3-5-9-20)14-15-30-28(33)25-17-21-10-6-7-11-24(21)32(25)2/h3-13,17-18,23H,14-16,19H2,1-2H3,(H,30,33). The molecule has 0 radical (unpaired) electrons. The fraction of sp³-hybridized carbons (Fsp3) is 0.241. The van der Waals surface area contributed by atoms with Gasteiger partial charge in [0.25, 0.3) is 11.8 Å². The second kappa shape index (κ2) is 10.2. The third-order valence-electron chi connectivity index (χ3n) is 6.75. The predicted octanol–water partition coefficient (Wildman–Crippen LogP) is 4.41. The number of amides is 2. The molecule has 0 saturated heterocycles. The van der Waals surface area contributed by atoms with Crippen LogP contribution in [0.4, 0.5) is 0 Å². The smallest absolute Gasteiger partial charge is 0.267 e. The fourth-order valence-electron chi connectivity index (χ4n) is 4.67. The fourth-order valence-corrected chi connectivity index (χ4v) is 4.67. The van der Waals surface area contributed by atoms with Crippen molar-refractivity contribution in [2.75, 3.05) is 20.4 Å². The summed E-state index contributed by atoms with van der Waals surface area (Å²) in [4.78, 5) is 28.1. The Balaban J connectivity index is 1.29. The molecule has 184 valence electrons. The molecule has 3 aromatic carbocycles. The van der Waals surface area contributed by atoms with Crippen molar-refractivity contribution in [1.29, 1.82) is 0 Å². The van der Waals surface area contributed by atoms with Crippen LogP contribution in [0, 0.1) is 0 Å². The van der Waals surface area contributed by atoms with E-state index in [2.05, 4.69) is 17.4 Å². The monoisotopic (exact) mass is 483 g/mol. The quantitative estimate of drug-likeness (QED) is 0.403. The molecule has 1 aromatic heterocycles. The van der Waals surface area contributed by atoms with Crippen molar-refractivity contribution < 1.29 is 19.1 Å². The molecular weight excluding hydrogens is 454 g/mol. The zero-order valence-corrected chi connectivity index (χ0v) is 20.4. The van der Waals surface area contributed by atoms with Gasteiger partial charge in [-0.15, -0.1) is 0 Å². The number of carbonyl (C=O) groups is 2. The highest BCUT2D eigenvalue weighted by molar-refractivity contribution is 5.98. The maximum absolute atomic E-state index is 13.4. The molecule has 2 amide bonds. The number of fused-ring (bicyclic) bond motifs is 2. The highest BCUT2D eigenvalue weighted by Gasteiger charge is 2.24. The summed E-state index contributed by atoms with van der Waals surface area (Å²) in [6.07, 6.45) is 1.29. The van der Waals surface area contributed by atoms with Gasteiger partial charge in [0.2, 0.25) is 6.79 Å². The lowest BCUT2D eigenvalue weighted by atomic mass is 10.0. The van der Waals surface area contributed by atoms with Crippen molar-refractivity contribution in [3.63, 3.8) is 0 Å². The number of carbonyl (C=O) groups excluding carboxylic acids is 2. The Kier molecular flexibility index (Phi) is 6.62. The van der Waals surface area contributed by atoms with Crippen LogP contribution in [0.1, 0.15) is 32.8 Å². The topological polar surface area (TPSA) is 72.8 Å². The number of nitrogens with zero attached hydrogens (tertiary/aromatic N) is 2. The van der Waals surface area contributed by atoms with Gasteiger partial charge in [0.1, 0.15) is 5.69 Å². The molecule has 36 heavy (non-hydrogen) atoms. The van der Waals surface area contributed by atoms with Crippen LogP contribution in [0.15, 0.2) is 78.9 Å². The molecule has 1 aliphatic heterocycles. The second-order valence-electron chi connectivity index (χ2n) is 9.02. The van der Waals surface area contributed by atoms with Crippen LogP contribution in [-0.2, 0) is 13.5 Å². The first-order chi connectivity index (χ1) is 17.5. The molecule has 7 heteroatoms. The first kappa shape index (κ1) is 23.5. The van der Waals surface area contributed by atoms with E-state index in [9.17, 15) is 9.59 Å². The van der Waals surface area contributed by atoms with Gasteiger partial charge in [-0.1, -0.05) is 48.5 Å². The Morgan fingerprint density at radius 2 is 1.72 bits per heavy atom.